The van der Waals surface area contributed by atoms with Crippen molar-refractivity contribution in [2.75, 3.05) is 6.54 Å². The van der Waals surface area contributed by atoms with Gasteiger partial charge in [-0.2, -0.15) is 0 Å². The molecule has 0 radical (unpaired) electrons. The second-order valence-electron chi connectivity index (χ2n) is 5.17. The second kappa shape index (κ2) is 7.51. The quantitative estimate of drug-likeness (QED) is 0.772. The molecule has 0 aliphatic heterocycles. The van der Waals surface area contributed by atoms with E-state index in [0.29, 0.717) is 0 Å². The van der Waals surface area contributed by atoms with Crippen molar-refractivity contribution in [3.8, 4) is 0 Å². The minimum atomic E-state index is 0.953. The van der Waals surface area contributed by atoms with E-state index in [1.165, 1.54) is 27.1 Å². The Labute approximate surface area is 126 Å². The molecule has 1 N–H and O–H groups in total. The maximum Gasteiger partial charge on any atom is 0.0232 e. The van der Waals surface area contributed by atoms with Gasteiger partial charge in [0.1, 0.15) is 0 Å². The van der Waals surface area contributed by atoms with E-state index in [-0.39, 0.29) is 0 Å². The fourth-order valence-corrected chi connectivity index (χ4v) is 3.19. The van der Waals surface area contributed by atoms with E-state index < -0.39 is 0 Å². The van der Waals surface area contributed by atoms with Crippen LogP contribution in [0.2, 0.25) is 0 Å². The molecule has 0 spiro atoms. The molecular formula is C18H23NS. The average Bonchev–Trinajstić information content (AvgIpc) is 2.44. The Kier molecular flexibility index (Phi) is 5.69. The van der Waals surface area contributed by atoms with E-state index >= 15 is 0 Å². The van der Waals surface area contributed by atoms with Crippen LogP contribution in [0.25, 0.3) is 0 Å². The summed E-state index contributed by atoms with van der Waals surface area (Å²) in [7, 11) is 0. The molecule has 0 atom stereocenters. The Morgan fingerprint density at radius 1 is 1.00 bits per heavy atom. The summed E-state index contributed by atoms with van der Waals surface area (Å²) in [4.78, 5) is 1.39. The molecule has 0 aliphatic rings. The molecule has 0 saturated heterocycles. The van der Waals surface area contributed by atoms with E-state index in [9.17, 15) is 0 Å². The molecule has 0 unspecified atom stereocenters. The number of nitrogens with one attached hydrogen (secondary N) is 1. The van der Waals surface area contributed by atoms with Crippen molar-refractivity contribution in [3.63, 3.8) is 0 Å². The van der Waals surface area contributed by atoms with Gasteiger partial charge in [0.2, 0.25) is 0 Å². The van der Waals surface area contributed by atoms with Crippen LogP contribution in [0.3, 0.4) is 0 Å². The molecule has 2 heteroatoms. The smallest absolute Gasteiger partial charge is 0.0232 e. The number of hydrogen-bond donors (Lipinski definition) is 1. The van der Waals surface area contributed by atoms with Crippen LogP contribution in [-0.2, 0) is 12.3 Å². The summed E-state index contributed by atoms with van der Waals surface area (Å²) in [6.07, 6.45) is 0. The third-order valence-corrected chi connectivity index (χ3v) is 4.45. The normalized spacial score (nSPS) is 10.8. The first-order valence-electron chi connectivity index (χ1n) is 7.17. The van der Waals surface area contributed by atoms with Gasteiger partial charge < -0.3 is 5.32 Å². The van der Waals surface area contributed by atoms with Crippen molar-refractivity contribution in [1.82, 2.24) is 5.32 Å². The SMILES string of the molecule is CCNCc1cc(C)ccc1SCc1cccc(C)c1. The van der Waals surface area contributed by atoms with Crippen molar-refractivity contribution >= 4 is 11.8 Å². The highest BCUT2D eigenvalue weighted by Crippen LogP contribution is 2.27. The van der Waals surface area contributed by atoms with E-state index in [0.717, 1.165) is 18.8 Å². The van der Waals surface area contributed by atoms with E-state index in [2.05, 4.69) is 68.6 Å². The molecular weight excluding hydrogens is 262 g/mol. The van der Waals surface area contributed by atoms with E-state index in [1.54, 1.807) is 0 Å². The lowest BCUT2D eigenvalue weighted by Crippen LogP contribution is -2.12. The number of aryl methyl sites for hydroxylation is 2. The minimum absolute atomic E-state index is 0.953. The lowest BCUT2D eigenvalue weighted by atomic mass is 10.1. The number of thioether (sulfide) groups is 1. The topological polar surface area (TPSA) is 12.0 Å². The van der Waals surface area contributed by atoms with Gasteiger partial charge >= 0.3 is 0 Å². The molecule has 0 saturated carbocycles. The zero-order valence-electron chi connectivity index (χ0n) is 12.6. The Morgan fingerprint density at radius 3 is 2.55 bits per heavy atom. The largest absolute Gasteiger partial charge is 0.313 e. The first-order chi connectivity index (χ1) is 9.69. The van der Waals surface area contributed by atoms with Crippen molar-refractivity contribution < 1.29 is 0 Å². The summed E-state index contributed by atoms with van der Waals surface area (Å²) in [5.74, 6) is 1.03. The lowest BCUT2D eigenvalue weighted by molar-refractivity contribution is 0.717. The predicted octanol–water partition coefficient (Wildman–Crippen LogP) is 4.71. The monoisotopic (exact) mass is 285 g/mol. The zero-order chi connectivity index (χ0) is 14.4. The van der Waals surface area contributed by atoms with Crippen LogP contribution < -0.4 is 5.32 Å². The van der Waals surface area contributed by atoms with Crippen molar-refractivity contribution in [1.29, 1.82) is 0 Å². The lowest BCUT2D eigenvalue weighted by Gasteiger charge is -2.11. The Bertz CT molecular complexity index is 563. The molecule has 1 nitrogen and oxygen atoms in total. The van der Waals surface area contributed by atoms with Gasteiger partial charge in [0.05, 0.1) is 0 Å². The van der Waals surface area contributed by atoms with E-state index in [4.69, 9.17) is 0 Å². The van der Waals surface area contributed by atoms with Crippen molar-refractivity contribution in [2.45, 2.75) is 38.0 Å². The highest BCUT2D eigenvalue weighted by molar-refractivity contribution is 7.98. The van der Waals surface area contributed by atoms with E-state index in [1.807, 2.05) is 11.8 Å². The molecule has 0 heterocycles. The van der Waals surface area contributed by atoms with Gasteiger partial charge in [-0.1, -0.05) is 54.4 Å². The third-order valence-electron chi connectivity index (χ3n) is 3.26. The molecule has 20 heavy (non-hydrogen) atoms. The molecule has 0 bridgehead atoms. The molecule has 106 valence electrons. The molecule has 0 amide bonds. The third kappa shape index (κ3) is 4.39. The van der Waals surface area contributed by atoms with Gasteiger partial charge in [-0.15, -0.1) is 11.8 Å². The Hall–Kier alpha value is -1.25. The fourth-order valence-electron chi connectivity index (χ4n) is 2.21. The maximum absolute atomic E-state index is 3.43. The van der Waals surface area contributed by atoms with Crippen LogP contribution in [0.1, 0.15) is 29.2 Å². The summed E-state index contributed by atoms with van der Waals surface area (Å²) in [6, 6.07) is 15.5. The molecule has 2 aromatic rings. The maximum atomic E-state index is 3.43. The van der Waals surface area contributed by atoms with Crippen LogP contribution in [0, 0.1) is 13.8 Å². The standard InChI is InChI=1S/C18H23NS/c1-4-19-12-17-11-15(3)8-9-18(17)20-13-16-7-5-6-14(2)10-16/h5-11,19H,4,12-13H2,1-3H3. The predicted molar refractivity (Wildman–Crippen MR) is 89.3 cm³/mol. The molecule has 2 aromatic carbocycles. The highest BCUT2D eigenvalue weighted by atomic mass is 32.2. The van der Waals surface area contributed by atoms with Gasteiger partial charge in [-0.05, 0) is 37.6 Å². The number of benzene rings is 2. The van der Waals surface area contributed by atoms with Crippen LogP contribution in [0.15, 0.2) is 47.4 Å². The summed E-state index contributed by atoms with van der Waals surface area (Å²) >= 11 is 1.93. The van der Waals surface area contributed by atoms with Gasteiger partial charge in [0, 0.05) is 17.2 Å². The van der Waals surface area contributed by atoms with Crippen molar-refractivity contribution in [3.05, 3.63) is 64.7 Å². The van der Waals surface area contributed by atoms with Crippen LogP contribution in [0.4, 0.5) is 0 Å². The highest BCUT2D eigenvalue weighted by Gasteiger charge is 2.04. The van der Waals surface area contributed by atoms with Gasteiger partial charge in [0.25, 0.3) is 0 Å². The number of rotatable bonds is 6. The van der Waals surface area contributed by atoms with Gasteiger partial charge in [-0.3, -0.25) is 0 Å². The van der Waals surface area contributed by atoms with Crippen LogP contribution in [-0.4, -0.2) is 6.54 Å². The minimum Gasteiger partial charge on any atom is -0.313 e. The van der Waals surface area contributed by atoms with Gasteiger partial charge in [-0.25, -0.2) is 0 Å². The summed E-state index contributed by atoms with van der Waals surface area (Å²) in [5.41, 5.74) is 5.46. The number of hydrogen-bond acceptors (Lipinski definition) is 2. The zero-order valence-corrected chi connectivity index (χ0v) is 13.4. The first kappa shape index (κ1) is 15.1. The fraction of sp³-hybridized carbons (Fsp3) is 0.333. The average molecular weight is 285 g/mol. The van der Waals surface area contributed by atoms with Crippen LogP contribution in [0.5, 0.6) is 0 Å². The summed E-state index contributed by atoms with van der Waals surface area (Å²) < 4.78 is 0. The molecule has 2 rings (SSSR count). The second-order valence-corrected chi connectivity index (χ2v) is 6.19. The molecule has 0 fully saturated rings. The van der Waals surface area contributed by atoms with Crippen LogP contribution >= 0.6 is 11.8 Å². The first-order valence-corrected chi connectivity index (χ1v) is 8.16. The van der Waals surface area contributed by atoms with Gasteiger partial charge in [0.15, 0.2) is 0 Å². The van der Waals surface area contributed by atoms with Crippen molar-refractivity contribution in [2.24, 2.45) is 0 Å². The Balaban J connectivity index is 2.08. The molecule has 0 aromatic heterocycles. The summed E-state index contributed by atoms with van der Waals surface area (Å²) in [6.45, 7) is 8.42. The summed E-state index contributed by atoms with van der Waals surface area (Å²) in [5, 5.41) is 3.43. The Morgan fingerprint density at radius 2 is 1.80 bits per heavy atom. The molecule has 0 aliphatic carbocycles.